The average Bonchev–Trinajstić information content (AvgIpc) is 2.76. The van der Waals surface area contributed by atoms with Gasteiger partial charge in [-0.3, -0.25) is 4.79 Å². The minimum absolute atomic E-state index is 0.0650. The van der Waals surface area contributed by atoms with E-state index in [0.717, 1.165) is 58.5 Å². The molecule has 0 spiro atoms. The molecule has 0 aliphatic heterocycles. The third kappa shape index (κ3) is 9.82. The van der Waals surface area contributed by atoms with Crippen molar-refractivity contribution in [1.82, 2.24) is 0 Å². The van der Waals surface area contributed by atoms with Crippen LogP contribution in [0, 0.1) is 17.8 Å². The molecule has 34 heavy (non-hydrogen) atoms. The van der Waals surface area contributed by atoms with Crippen LogP contribution >= 0.6 is 0 Å². The second-order valence-corrected chi connectivity index (χ2v) is 11.4. The maximum Gasteiger partial charge on any atom is 0.184 e. The number of hydrogen-bond donors (Lipinski definition) is 0. The van der Waals surface area contributed by atoms with Crippen molar-refractivity contribution in [2.75, 3.05) is 14.2 Å². The Bertz CT molecular complexity index is 725. The van der Waals surface area contributed by atoms with Gasteiger partial charge in [0.05, 0.1) is 6.10 Å². The van der Waals surface area contributed by atoms with Crippen molar-refractivity contribution in [3.63, 3.8) is 0 Å². The SMILES string of the molecule is COC1C(C)=C(C)C(OC)C(C(=O)/C=C(\C)CCCC(C)CCCC(C)CCCC(C)C)=C1C. The quantitative estimate of drug-likeness (QED) is 0.166. The van der Waals surface area contributed by atoms with Crippen LogP contribution in [0.4, 0.5) is 0 Å². The topological polar surface area (TPSA) is 35.5 Å². The van der Waals surface area contributed by atoms with Gasteiger partial charge in [-0.05, 0) is 81.1 Å². The number of ether oxygens (including phenoxy) is 2. The van der Waals surface area contributed by atoms with Crippen molar-refractivity contribution in [2.24, 2.45) is 17.8 Å². The first-order chi connectivity index (χ1) is 16.0. The van der Waals surface area contributed by atoms with Gasteiger partial charge in [0.25, 0.3) is 0 Å². The summed E-state index contributed by atoms with van der Waals surface area (Å²) in [5.74, 6) is 2.51. The van der Waals surface area contributed by atoms with E-state index in [-0.39, 0.29) is 18.0 Å². The molecule has 0 amide bonds. The lowest BCUT2D eigenvalue weighted by atomic mass is 9.81. The highest BCUT2D eigenvalue weighted by Crippen LogP contribution is 2.34. The molecule has 0 bridgehead atoms. The maximum absolute atomic E-state index is 13.2. The van der Waals surface area contributed by atoms with E-state index >= 15 is 0 Å². The minimum Gasteiger partial charge on any atom is -0.373 e. The standard InChI is InChI=1S/C31H54O3/c1-21(2)14-11-15-22(3)16-12-17-23(4)18-13-19-24(5)20-28(32)29-27(8)30(33-9)25(6)26(7)31(29)34-10/h20-23,30-31H,11-19H2,1-10H3/b24-20+. The first-order valence-corrected chi connectivity index (χ1v) is 13.7. The Balaban J connectivity index is 2.51. The molecule has 3 heteroatoms. The van der Waals surface area contributed by atoms with E-state index in [9.17, 15) is 4.79 Å². The third-order valence-electron chi connectivity index (χ3n) is 7.74. The third-order valence-corrected chi connectivity index (χ3v) is 7.74. The lowest BCUT2D eigenvalue weighted by Gasteiger charge is -2.32. The first-order valence-electron chi connectivity index (χ1n) is 13.7. The number of carbonyl (C=O) groups excluding carboxylic acids is 1. The normalized spacial score (nSPS) is 21.4. The van der Waals surface area contributed by atoms with Crippen molar-refractivity contribution in [2.45, 2.75) is 125 Å². The molecule has 0 aromatic rings. The van der Waals surface area contributed by atoms with Gasteiger partial charge >= 0.3 is 0 Å². The number of hydrogen-bond acceptors (Lipinski definition) is 3. The molecule has 196 valence electrons. The fourth-order valence-electron chi connectivity index (χ4n) is 5.36. The van der Waals surface area contributed by atoms with E-state index in [4.69, 9.17) is 9.47 Å². The van der Waals surface area contributed by atoms with Gasteiger partial charge in [0.2, 0.25) is 0 Å². The second kappa shape index (κ2) is 15.7. The lowest BCUT2D eigenvalue weighted by Crippen LogP contribution is -2.33. The van der Waals surface area contributed by atoms with Crippen molar-refractivity contribution in [3.05, 3.63) is 33.9 Å². The molecule has 0 heterocycles. The van der Waals surface area contributed by atoms with Gasteiger partial charge in [0.1, 0.15) is 6.10 Å². The molecule has 0 saturated carbocycles. The van der Waals surface area contributed by atoms with E-state index in [1.54, 1.807) is 14.2 Å². The molecule has 0 N–H and O–H groups in total. The van der Waals surface area contributed by atoms with E-state index in [1.807, 2.05) is 19.9 Å². The van der Waals surface area contributed by atoms with E-state index in [1.165, 1.54) is 44.9 Å². The fourth-order valence-corrected chi connectivity index (χ4v) is 5.36. The van der Waals surface area contributed by atoms with Crippen LogP contribution in [0.2, 0.25) is 0 Å². The van der Waals surface area contributed by atoms with Crippen LogP contribution in [0.5, 0.6) is 0 Å². The zero-order chi connectivity index (χ0) is 25.8. The summed E-state index contributed by atoms with van der Waals surface area (Å²) in [5.41, 5.74) is 5.09. The van der Waals surface area contributed by atoms with Crippen molar-refractivity contribution >= 4 is 5.78 Å². The molecule has 0 aromatic heterocycles. The highest BCUT2D eigenvalue weighted by molar-refractivity contribution is 6.06. The largest absolute Gasteiger partial charge is 0.373 e. The summed E-state index contributed by atoms with van der Waals surface area (Å²) < 4.78 is 11.4. The fraction of sp³-hybridized carbons (Fsp3) is 0.774. The highest BCUT2D eigenvalue weighted by Gasteiger charge is 2.33. The number of ketones is 1. The van der Waals surface area contributed by atoms with Gasteiger partial charge in [0.15, 0.2) is 5.78 Å². The Hall–Kier alpha value is -1.19. The maximum atomic E-state index is 13.2. The predicted octanol–water partition coefficient (Wildman–Crippen LogP) is 8.64. The Labute approximate surface area is 211 Å². The summed E-state index contributed by atoms with van der Waals surface area (Å²) in [7, 11) is 3.38. The average molecular weight is 475 g/mol. The van der Waals surface area contributed by atoms with Gasteiger partial charge in [-0.2, -0.15) is 0 Å². The van der Waals surface area contributed by atoms with Gasteiger partial charge in [-0.15, -0.1) is 0 Å². The molecule has 1 aliphatic rings. The zero-order valence-corrected chi connectivity index (χ0v) is 24.1. The van der Waals surface area contributed by atoms with Crippen LogP contribution in [-0.2, 0) is 14.3 Å². The van der Waals surface area contributed by atoms with E-state index < -0.39 is 0 Å². The van der Waals surface area contributed by atoms with Crippen molar-refractivity contribution in [3.8, 4) is 0 Å². The van der Waals surface area contributed by atoms with Crippen LogP contribution in [0.3, 0.4) is 0 Å². The molecule has 0 saturated heterocycles. The number of rotatable bonds is 16. The van der Waals surface area contributed by atoms with Gasteiger partial charge in [-0.1, -0.05) is 78.2 Å². The van der Waals surface area contributed by atoms with Crippen LogP contribution in [0.1, 0.15) is 113 Å². The number of methoxy groups -OCH3 is 2. The Kier molecular flexibility index (Phi) is 14.3. The van der Waals surface area contributed by atoms with Crippen molar-refractivity contribution < 1.29 is 14.3 Å². The summed E-state index contributed by atoms with van der Waals surface area (Å²) in [4.78, 5) is 13.2. The van der Waals surface area contributed by atoms with Gasteiger partial charge in [0, 0.05) is 19.8 Å². The van der Waals surface area contributed by atoms with Crippen LogP contribution in [0.25, 0.3) is 0 Å². The number of allylic oxidation sites excluding steroid dienone is 2. The molecule has 4 atom stereocenters. The summed E-state index contributed by atoms with van der Waals surface area (Å²) in [5, 5.41) is 0. The minimum atomic E-state index is -0.282. The van der Waals surface area contributed by atoms with Crippen LogP contribution < -0.4 is 0 Å². The van der Waals surface area contributed by atoms with Crippen LogP contribution in [0.15, 0.2) is 33.9 Å². The summed E-state index contributed by atoms with van der Waals surface area (Å²) in [6, 6.07) is 0. The van der Waals surface area contributed by atoms with Gasteiger partial charge < -0.3 is 9.47 Å². The molecule has 0 fully saturated rings. The zero-order valence-electron chi connectivity index (χ0n) is 24.1. The summed E-state index contributed by atoms with van der Waals surface area (Å²) in [6.07, 6.45) is 12.9. The molecule has 0 aromatic carbocycles. The molecule has 3 nitrogen and oxygen atoms in total. The number of carbonyl (C=O) groups is 1. The lowest BCUT2D eigenvalue weighted by molar-refractivity contribution is -0.112. The first kappa shape index (κ1) is 30.8. The summed E-state index contributed by atoms with van der Waals surface area (Å²) >= 11 is 0. The monoisotopic (exact) mass is 474 g/mol. The van der Waals surface area contributed by atoms with Crippen molar-refractivity contribution in [1.29, 1.82) is 0 Å². The molecular formula is C31H54O3. The summed E-state index contributed by atoms with van der Waals surface area (Å²) in [6.45, 7) is 17.6. The van der Waals surface area contributed by atoms with E-state index in [2.05, 4.69) is 41.5 Å². The molecular weight excluding hydrogens is 420 g/mol. The van der Waals surface area contributed by atoms with Crippen LogP contribution in [-0.4, -0.2) is 32.2 Å². The Morgan fingerprint density at radius 1 is 0.765 bits per heavy atom. The predicted molar refractivity (Wildman–Crippen MR) is 146 cm³/mol. The molecule has 1 rings (SSSR count). The Morgan fingerprint density at radius 3 is 1.74 bits per heavy atom. The highest BCUT2D eigenvalue weighted by atomic mass is 16.5. The molecule has 1 aliphatic carbocycles. The Morgan fingerprint density at radius 2 is 1.24 bits per heavy atom. The second-order valence-electron chi connectivity index (χ2n) is 11.4. The molecule has 4 unspecified atom stereocenters. The van der Waals surface area contributed by atoms with E-state index in [0.29, 0.717) is 0 Å². The van der Waals surface area contributed by atoms with Gasteiger partial charge in [-0.25, -0.2) is 0 Å². The smallest absolute Gasteiger partial charge is 0.184 e. The molecule has 0 radical (unpaired) electrons.